The summed E-state index contributed by atoms with van der Waals surface area (Å²) in [5.41, 5.74) is 4.46. The van der Waals surface area contributed by atoms with Crippen molar-refractivity contribution in [3.05, 3.63) is 30.1 Å². The van der Waals surface area contributed by atoms with Crippen molar-refractivity contribution in [1.29, 1.82) is 0 Å². The highest BCUT2D eigenvalue weighted by Gasteiger charge is 2.29. The van der Waals surface area contributed by atoms with Crippen molar-refractivity contribution in [2.75, 3.05) is 11.5 Å². The van der Waals surface area contributed by atoms with Crippen LogP contribution in [0, 0.1) is 11.7 Å². The molecule has 1 fully saturated rings. The van der Waals surface area contributed by atoms with Gasteiger partial charge in [-0.1, -0.05) is 0 Å². The molecule has 2 rings (SSSR count). The van der Waals surface area contributed by atoms with Gasteiger partial charge in [0, 0.05) is 6.42 Å². The highest BCUT2D eigenvalue weighted by molar-refractivity contribution is 7.91. The van der Waals surface area contributed by atoms with E-state index >= 15 is 0 Å². The molecule has 1 heterocycles. The Morgan fingerprint density at radius 3 is 2.54 bits per heavy atom. The van der Waals surface area contributed by atoms with Gasteiger partial charge in [0.05, 0.1) is 11.5 Å². The van der Waals surface area contributed by atoms with Crippen LogP contribution in [0.5, 0.6) is 5.75 Å². The fourth-order valence-corrected chi connectivity index (χ4v) is 4.21. The van der Waals surface area contributed by atoms with Gasteiger partial charge in [0.15, 0.2) is 15.9 Å². The van der Waals surface area contributed by atoms with Gasteiger partial charge in [0.25, 0.3) is 5.91 Å². The Morgan fingerprint density at radius 1 is 1.29 bits per heavy atom. The van der Waals surface area contributed by atoms with E-state index in [1.807, 2.05) is 0 Å². The summed E-state index contributed by atoms with van der Waals surface area (Å²) >= 11 is 0. The Morgan fingerprint density at radius 2 is 1.96 bits per heavy atom. The minimum absolute atomic E-state index is 0.00154. The van der Waals surface area contributed by atoms with Crippen LogP contribution >= 0.6 is 0 Å². The van der Waals surface area contributed by atoms with Crippen LogP contribution < -0.4 is 15.6 Å². The zero-order valence-electron chi connectivity index (χ0n) is 13.1. The van der Waals surface area contributed by atoms with Crippen molar-refractivity contribution in [3.63, 3.8) is 0 Å². The fourth-order valence-electron chi connectivity index (χ4n) is 2.35. The van der Waals surface area contributed by atoms with Crippen molar-refractivity contribution in [3.8, 4) is 5.75 Å². The van der Waals surface area contributed by atoms with E-state index in [0.717, 1.165) is 0 Å². The van der Waals surface area contributed by atoms with Gasteiger partial charge in [-0.05, 0) is 43.5 Å². The quantitative estimate of drug-likeness (QED) is 0.749. The average Bonchev–Trinajstić information content (AvgIpc) is 2.85. The van der Waals surface area contributed by atoms with Gasteiger partial charge in [-0.3, -0.25) is 20.4 Å². The van der Waals surface area contributed by atoms with Crippen LogP contribution in [0.25, 0.3) is 0 Å². The molecular formula is C15H19FN2O5S. The molecule has 1 aliphatic rings. The topological polar surface area (TPSA) is 102 Å². The lowest BCUT2D eigenvalue weighted by atomic mass is 10.1. The predicted octanol–water partition coefficient (Wildman–Crippen LogP) is 0.565. The Bertz CT molecular complexity index is 705. The number of halogens is 1. The zero-order valence-corrected chi connectivity index (χ0v) is 13.9. The largest absolute Gasteiger partial charge is 0.481 e. The van der Waals surface area contributed by atoms with Gasteiger partial charge in [-0.2, -0.15) is 0 Å². The molecule has 132 valence electrons. The molecule has 0 bridgehead atoms. The Kier molecular flexibility index (Phi) is 5.76. The van der Waals surface area contributed by atoms with E-state index in [0.29, 0.717) is 12.2 Å². The number of hydrogen-bond acceptors (Lipinski definition) is 5. The van der Waals surface area contributed by atoms with Gasteiger partial charge < -0.3 is 4.74 Å². The number of benzene rings is 1. The van der Waals surface area contributed by atoms with Crippen LogP contribution in [0.3, 0.4) is 0 Å². The first-order valence-electron chi connectivity index (χ1n) is 7.46. The van der Waals surface area contributed by atoms with E-state index in [9.17, 15) is 22.4 Å². The SMILES string of the molecule is C[C@H](Oc1ccc(F)cc1)C(=O)NNC(=O)C[C@H]1CCS(=O)(=O)C1. The molecule has 2 N–H and O–H groups in total. The smallest absolute Gasteiger partial charge is 0.279 e. The number of sulfone groups is 1. The van der Waals surface area contributed by atoms with Crippen LogP contribution in [0.15, 0.2) is 24.3 Å². The van der Waals surface area contributed by atoms with Gasteiger partial charge >= 0.3 is 0 Å². The lowest BCUT2D eigenvalue weighted by molar-refractivity contribution is -0.133. The monoisotopic (exact) mass is 358 g/mol. The highest BCUT2D eigenvalue weighted by atomic mass is 32.2. The first-order valence-corrected chi connectivity index (χ1v) is 9.28. The van der Waals surface area contributed by atoms with E-state index in [2.05, 4.69) is 10.9 Å². The number of carbonyl (C=O) groups excluding carboxylic acids is 2. The average molecular weight is 358 g/mol. The molecule has 1 aromatic carbocycles. The number of carbonyl (C=O) groups is 2. The second kappa shape index (κ2) is 7.61. The van der Waals surface area contributed by atoms with Crippen molar-refractivity contribution in [1.82, 2.24) is 10.9 Å². The second-order valence-electron chi connectivity index (χ2n) is 5.72. The van der Waals surface area contributed by atoms with Crippen molar-refractivity contribution < 1.29 is 27.1 Å². The van der Waals surface area contributed by atoms with E-state index in [4.69, 9.17) is 4.74 Å². The summed E-state index contributed by atoms with van der Waals surface area (Å²) in [6.45, 7) is 1.48. The van der Waals surface area contributed by atoms with Crippen LogP contribution in [0.4, 0.5) is 4.39 Å². The number of rotatable bonds is 5. The molecule has 1 aliphatic heterocycles. The van der Waals surface area contributed by atoms with Crippen LogP contribution in [-0.4, -0.2) is 37.8 Å². The van der Waals surface area contributed by atoms with Gasteiger partial charge in [0.2, 0.25) is 5.91 Å². The maximum atomic E-state index is 12.8. The maximum Gasteiger partial charge on any atom is 0.279 e. The summed E-state index contributed by atoms with van der Waals surface area (Å²) in [5.74, 6) is -1.26. The number of nitrogens with one attached hydrogen (secondary N) is 2. The Labute approximate surface area is 139 Å². The molecule has 0 spiro atoms. The third kappa shape index (κ3) is 5.48. The van der Waals surface area contributed by atoms with E-state index in [1.165, 1.54) is 31.2 Å². The molecule has 24 heavy (non-hydrogen) atoms. The molecule has 0 aromatic heterocycles. The summed E-state index contributed by atoms with van der Waals surface area (Å²) in [6.07, 6.45) is -0.414. The van der Waals surface area contributed by atoms with Crippen LogP contribution in [0.2, 0.25) is 0 Å². The van der Waals surface area contributed by atoms with E-state index in [1.54, 1.807) is 0 Å². The zero-order chi connectivity index (χ0) is 17.7. The number of ether oxygens (including phenoxy) is 1. The number of amides is 2. The molecule has 0 radical (unpaired) electrons. The summed E-state index contributed by atoms with van der Waals surface area (Å²) < 4.78 is 40.8. The van der Waals surface area contributed by atoms with E-state index in [-0.39, 0.29) is 23.8 Å². The molecule has 1 aromatic rings. The lowest BCUT2D eigenvalue weighted by Crippen LogP contribution is -2.47. The molecular weight excluding hydrogens is 339 g/mol. The third-order valence-electron chi connectivity index (χ3n) is 3.62. The fraction of sp³-hybridized carbons (Fsp3) is 0.467. The molecule has 1 saturated heterocycles. The van der Waals surface area contributed by atoms with Crippen molar-refractivity contribution >= 4 is 21.7 Å². The number of hydrazine groups is 1. The predicted molar refractivity (Wildman–Crippen MR) is 84.2 cm³/mol. The molecule has 2 atom stereocenters. The molecule has 2 amide bonds. The lowest BCUT2D eigenvalue weighted by Gasteiger charge is -2.15. The highest BCUT2D eigenvalue weighted by Crippen LogP contribution is 2.21. The Balaban J connectivity index is 1.73. The number of hydrogen-bond donors (Lipinski definition) is 2. The van der Waals surface area contributed by atoms with E-state index < -0.39 is 33.6 Å². The maximum absolute atomic E-state index is 12.8. The van der Waals surface area contributed by atoms with Crippen molar-refractivity contribution in [2.24, 2.45) is 5.92 Å². The first kappa shape index (κ1) is 18.2. The van der Waals surface area contributed by atoms with Crippen molar-refractivity contribution in [2.45, 2.75) is 25.9 Å². The molecule has 0 saturated carbocycles. The normalized spacial score (nSPS) is 20.2. The minimum Gasteiger partial charge on any atom is -0.481 e. The van der Waals surface area contributed by atoms with Gasteiger partial charge in [0.1, 0.15) is 11.6 Å². The summed E-state index contributed by atoms with van der Waals surface area (Å²) in [5, 5.41) is 0. The standard InChI is InChI=1S/C15H19FN2O5S/c1-10(23-13-4-2-12(16)3-5-13)15(20)18-17-14(19)8-11-6-7-24(21,22)9-11/h2-5,10-11H,6-9H2,1H3,(H,17,19)(H,18,20)/t10-,11+/m0/s1. The molecule has 0 aliphatic carbocycles. The Hall–Kier alpha value is -2.16. The molecule has 9 heteroatoms. The van der Waals surface area contributed by atoms with Gasteiger partial charge in [-0.25, -0.2) is 12.8 Å². The second-order valence-corrected chi connectivity index (χ2v) is 7.95. The molecule has 7 nitrogen and oxygen atoms in total. The summed E-state index contributed by atoms with van der Waals surface area (Å²) in [4.78, 5) is 23.6. The summed E-state index contributed by atoms with van der Waals surface area (Å²) in [6, 6.07) is 5.19. The third-order valence-corrected chi connectivity index (χ3v) is 5.46. The van der Waals surface area contributed by atoms with Crippen LogP contribution in [0.1, 0.15) is 19.8 Å². The van der Waals surface area contributed by atoms with Gasteiger partial charge in [-0.15, -0.1) is 0 Å². The van der Waals surface area contributed by atoms with Crippen LogP contribution in [-0.2, 0) is 19.4 Å². The first-order chi connectivity index (χ1) is 11.2. The minimum atomic E-state index is -3.04. The molecule has 0 unspecified atom stereocenters. The summed E-state index contributed by atoms with van der Waals surface area (Å²) in [7, 11) is -3.04.